The molecular formula is C8H6N2. The van der Waals surface area contributed by atoms with Crippen LogP contribution in [0.2, 0.25) is 0 Å². The smallest absolute Gasteiger partial charge is 0.0868 e. The van der Waals surface area contributed by atoms with Crippen LogP contribution in [0.3, 0.4) is 0 Å². The first-order valence-corrected chi connectivity index (χ1v) is 3.39. The predicted octanol–water partition coefficient (Wildman–Crippen LogP) is 1.42. The summed E-state index contributed by atoms with van der Waals surface area (Å²) in [5, 5.41) is 0. The van der Waals surface area contributed by atoms with Gasteiger partial charge in [0.1, 0.15) is 0 Å². The zero-order valence-electron chi connectivity index (χ0n) is 5.39. The van der Waals surface area contributed by atoms with Crippen molar-refractivity contribution in [3.8, 4) is 11.4 Å². The molecule has 0 radical (unpaired) electrons. The van der Waals surface area contributed by atoms with Gasteiger partial charge in [-0.1, -0.05) is 6.07 Å². The molecule has 1 aliphatic carbocycles. The van der Waals surface area contributed by atoms with E-state index >= 15 is 0 Å². The van der Waals surface area contributed by atoms with Crippen LogP contribution in [0, 0.1) is 0 Å². The first-order valence-electron chi connectivity index (χ1n) is 3.39. The maximum absolute atomic E-state index is 4.26. The van der Waals surface area contributed by atoms with Crippen LogP contribution in [0.15, 0.2) is 18.3 Å². The molecule has 3 aliphatic rings. The monoisotopic (exact) mass is 130 g/mol. The van der Waals surface area contributed by atoms with E-state index in [1.807, 2.05) is 6.20 Å². The van der Waals surface area contributed by atoms with E-state index in [1.54, 1.807) is 0 Å². The van der Waals surface area contributed by atoms with E-state index in [4.69, 9.17) is 0 Å². The molecule has 2 aliphatic heterocycles. The maximum Gasteiger partial charge on any atom is 0.0868 e. The molecule has 10 heavy (non-hydrogen) atoms. The minimum atomic E-state index is 1.04. The highest BCUT2D eigenvalue weighted by atomic mass is 14.9. The Morgan fingerprint density at radius 1 is 1.40 bits per heavy atom. The number of hydrogen-bond acceptors (Lipinski definition) is 1. The lowest BCUT2D eigenvalue weighted by molar-refractivity contribution is 1.12. The molecule has 0 aromatic carbocycles. The third-order valence-corrected chi connectivity index (χ3v) is 2.05. The summed E-state index contributed by atoms with van der Waals surface area (Å²) in [5.41, 5.74) is 4.95. The van der Waals surface area contributed by atoms with Crippen LogP contribution >= 0.6 is 0 Å². The van der Waals surface area contributed by atoms with Gasteiger partial charge in [-0.2, -0.15) is 0 Å². The Hall–Kier alpha value is -1.31. The Balaban J connectivity index is 2.58. The van der Waals surface area contributed by atoms with E-state index < -0.39 is 0 Å². The molecule has 0 amide bonds. The summed E-state index contributed by atoms with van der Waals surface area (Å²) in [5.74, 6) is 0. The molecule has 2 bridgehead atoms. The molecule has 48 valence electrons. The quantitative estimate of drug-likeness (QED) is 0.489. The summed E-state index contributed by atoms with van der Waals surface area (Å²) in [6.07, 6.45) is 2.95. The number of rotatable bonds is 0. The summed E-state index contributed by atoms with van der Waals surface area (Å²) in [7, 11) is 0. The molecule has 0 fully saturated rings. The highest BCUT2D eigenvalue weighted by Crippen LogP contribution is 2.30. The van der Waals surface area contributed by atoms with E-state index in [-0.39, 0.29) is 0 Å². The molecule has 2 heteroatoms. The fourth-order valence-electron chi connectivity index (χ4n) is 1.55. The zero-order chi connectivity index (χ0) is 6.55. The van der Waals surface area contributed by atoms with Gasteiger partial charge in [-0.05, 0) is 11.6 Å². The standard InChI is InChI=1S/C8H6N2/c1-2-7-8-5(1)3-6(10-8)4-9-7/h1-2,4,10H,3H2. The first-order chi connectivity index (χ1) is 4.93. The van der Waals surface area contributed by atoms with E-state index in [9.17, 15) is 0 Å². The van der Waals surface area contributed by atoms with Crippen molar-refractivity contribution in [2.45, 2.75) is 6.42 Å². The average molecular weight is 130 g/mol. The number of nitrogens with zero attached hydrogens (tertiary/aromatic N) is 1. The molecule has 0 saturated carbocycles. The Morgan fingerprint density at radius 2 is 2.40 bits per heavy atom. The number of hydrogen-bond donors (Lipinski definition) is 1. The molecule has 0 unspecified atom stereocenters. The molecular weight excluding hydrogens is 124 g/mol. The zero-order valence-corrected chi connectivity index (χ0v) is 5.39. The van der Waals surface area contributed by atoms with Crippen LogP contribution in [0.25, 0.3) is 11.4 Å². The van der Waals surface area contributed by atoms with Crippen LogP contribution in [0.5, 0.6) is 0 Å². The van der Waals surface area contributed by atoms with Gasteiger partial charge in [0, 0.05) is 18.3 Å². The SMILES string of the molecule is c1cc2c3[nH]c(cnc1-3)C2. The van der Waals surface area contributed by atoms with Gasteiger partial charge in [-0.15, -0.1) is 0 Å². The van der Waals surface area contributed by atoms with Crippen LogP contribution in [0.4, 0.5) is 0 Å². The van der Waals surface area contributed by atoms with Gasteiger partial charge in [-0.3, -0.25) is 4.98 Å². The van der Waals surface area contributed by atoms with Crippen molar-refractivity contribution in [3.63, 3.8) is 0 Å². The average Bonchev–Trinajstić information content (AvgIpc) is 2.38. The Morgan fingerprint density at radius 3 is 3.40 bits per heavy atom. The molecule has 0 saturated heterocycles. The summed E-state index contributed by atoms with van der Waals surface area (Å²) < 4.78 is 0. The van der Waals surface area contributed by atoms with Crippen molar-refractivity contribution in [2.75, 3.05) is 0 Å². The van der Waals surface area contributed by atoms with Gasteiger partial charge in [0.25, 0.3) is 0 Å². The molecule has 0 atom stereocenters. The van der Waals surface area contributed by atoms with Crippen molar-refractivity contribution >= 4 is 0 Å². The normalized spacial score (nSPS) is 13.6. The highest BCUT2D eigenvalue weighted by molar-refractivity contribution is 5.66. The maximum atomic E-state index is 4.26. The van der Waals surface area contributed by atoms with Crippen molar-refractivity contribution in [1.29, 1.82) is 0 Å². The van der Waals surface area contributed by atoms with Gasteiger partial charge in [0.2, 0.25) is 0 Å². The summed E-state index contributed by atoms with van der Waals surface area (Å²) in [6, 6.07) is 4.20. The number of aromatic amines is 1. The topological polar surface area (TPSA) is 28.7 Å². The van der Waals surface area contributed by atoms with Crippen molar-refractivity contribution in [3.05, 3.63) is 29.6 Å². The first kappa shape index (κ1) is 4.50. The third kappa shape index (κ3) is 0.355. The minimum absolute atomic E-state index is 1.04. The molecule has 0 spiro atoms. The fourth-order valence-corrected chi connectivity index (χ4v) is 1.55. The van der Waals surface area contributed by atoms with Crippen molar-refractivity contribution in [1.82, 2.24) is 9.97 Å². The van der Waals surface area contributed by atoms with Crippen LogP contribution < -0.4 is 0 Å². The molecule has 1 N–H and O–H groups in total. The van der Waals surface area contributed by atoms with E-state index in [0.717, 1.165) is 12.1 Å². The molecule has 2 heterocycles. The molecule has 0 aromatic heterocycles. The van der Waals surface area contributed by atoms with E-state index in [0.29, 0.717) is 0 Å². The second-order valence-corrected chi connectivity index (χ2v) is 2.70. The van der Waals surface area contributed by atoms with Gasteiger partial charge < -0.3 is 4.98 Å². The lowest BCUT2D eigenvalue weighted by Gasteiger charge is -1.93. The van der Waals surface area contributed by atoms with Gasteiger partial charge >= 0.3 is 0 Å². The lowest BCUT2D eigenvalue weighted by atomic mass is 10.2. The van der Waals surface area contributed by atoms with Gasteiger partial charge in [-0.25, -0.2) is 0 Å². The fraction of sp³-hybridized carbons (Fsp3) is 0.125. The molecule has 3 rings (SSSR count). The van der Waals surface area contributed by atoms with Gasteiger partial charge in [0.15, 0.2) is 0 Å². The summed E-state index contributed by atoms with van der Waals surface area (Å²) in [4.78, 5) is 7.56. The van der Waals surface area contributed by atoms with Crippen LogP contribution in [-0.2, 0) is 6.42 Å². The second-order valence-electron chi connectivity index (χ2n) is 2.70. The molecule has 0 aromatic rings. The minimum Gasteiger partial charge on any atom is -0.355 e. The number of aromatic nitrogens is 2. The van der Waals surface area contributed by atoms with Crippen LogP contribution in [0.1, 0.15) is 11.3 Å². The number of nitrogens with one attached hydrogen (secondary N) is 1. The Bertz CT molecular complexity index is 362. The second kappa shape index (κ2) is 1.24. The predicted molar refractivity (Wildman–Crippen MR) is 38.0 cm³/mol. The van der Waals surface area contributed by atoms with Crippen molar-refractivity contribution in [2.24, 2.45) is 0 Å². The largest absolute Gasteiger partial charge is 0.355 e. The number of H-pyrrole nitrogens is 1. The van der Waals surface area contributed by atoms with E-state index in [1.165, 1.54) is 17.0 Å². The van der Waals surface area contributed by atoms with E-state index in [2.05, 4.69) is 22.1 Å². The highest BCUT2D eigenvalue weighted by Gasteiger charge is 2.17. The van der Waals surface area contributed by atoms with Crippen molar-refractivity contribution < 1.29 is 0 Å². The summed E-state index contributed by atoms with van der Waals surface area (Å²) in [6.45, 7) is 0. The summed E-state index contributed by atoms with van der Waals surface area (Å²) >= 11 is 0. The van der Waals surface area contributed by atoms with Crippen LogP contribution in [-0.4, -0.2) is 9.97 Å². The number of fused-ring (bicyclic) bond motifs is 1. The third-order valence-electron chi connectivity index (χ3n) is 2.05. The lowest BCUT2D eigenvalue weighted by Crippen LogP contribution is -1.84. The van der Waals surface area contributed by atoms with Gasteiger partial charge in [0.05, 0.1) is 11.4 Å². The Kier molecular flexibility index (Phi) is 0.556. The molecule has 2 nitrogen and oxygen atoms in total. The Labute approximate surface area is 58.3 Å².